The number of methoxy groups -OCH3 is 1. The number of amides is 1. The van der Waals surface area contributed by atoms with Gasteiger partial charge in [-0.15, -0.1) is 0 Å². The van der Waals surface area contributed by atoms with E-state index in [1.54, 1.807) is 25.3 Å². The Hall–Kier alpha value is -3.39. The minimum atomic E-state index is -0.558. The molecule has 2 fully saturated rings. The van der Waals surface area contributed by atoms with Crippen molar-refractivity contribution in [1.82, 2.24) is 14.9 Å². The monoisotopic (exact) mass is 482 g/mol. The van der Waals surface area contributed by atoms with Crippen LogP contribution >= 0.6 is 11.6 Å². The lowest BCUT2D eigenvalue weighted by atomic mass is 9.99. The van der Waals surface area contributed by atoms with E-state index in [-0.39, 0.29) is 34.8 Å². The largest absolute Gasteiger partial charge is 0.493 e. The van der Waals surface area contributed by atoms with Crippen LogP contribution in [0.25, 0.3) is 10.9 Å². The second-order valence-corrected chi connectivity index (χ2v) is 8.92. The van der Waals surface area contributed by atoms with Gasteiger partial charge in [-0.3, -0.25) is 4.79 Å². The van der Waals surface area contributed by atoms with E-state index in [4.69, 9.17) is 21.1 Å². The lowest BCUT2D eigenvalue weighted by molar-refractivity contribution is -0.131. The van der Waals surface area contributed by atoms with Crippen LogP contribution < -0.4 is 14.8 Å². The van der Waals surface area contributed by atoms with Gasteiger partial charge in [0.2, 0.25) is 5.91 Å². The number of aromatic nitrogens is 2. The number of halogens is 2. The van der Waals surface area contributed by atoms with E-state index in [0.717, 1.165) is 25.7 Å². The van der Waals surface area contributed by atoms with Gasteiger partial charge in [-0.25, -0.2) is 14.4 Å². The van der Waals surface area contributed by atoms with Gasteiger partial charge in [0, 0.05) is 36.4 Å². The highest BCUT2D eigenvalue weighted by Gasteiger charge is 2.43. The summed E-state index contributed by atoms with van der Waals surface area (Å²) < 4.78 is 26.5. The van der Waals surface area contributed by atoms with Crippen molar-refractivity contribution in [2.24, 2.45) is 0 Å². The molecule has 0 spiro atoms. The average molecular weight is 483 g/mol. The Morgan fingerprint density at radius 2 is 2.00 bits per heavy atom. The molecule has 7 nitrogen and oxygen atoms in total. The van der Waals surface area contributed by atoms with Crippen molar-refractivity contribution in [1.29, 1.82) is 0 Å². The molecule has 2 bridgehead atoms. The van der Waals surface area contributed by atoms with Gasteiger partial charge in [-0.05, 0) is 37.1 Å². The van der Waals surface area contributed by atoms with Crippen LogP contribution in [0.1, 0.15) is 25.7 Å². The number of carbonyl (C=O) groups excluding carboxylic acids is 1. The molecular formula is C25H24ClFN4O3. The van der Waals surface area contributed by atoms with Crippen LogP contribution in [-0.2, 0) is 4.79 Å². The molecular weight excluding hydrogens is 459 g/mol. The third-order valence-corrected chi connectivity index (χ3v) is 6.83. The summed E-state index contributed by atoms with van der Waals surface area (Å²) in [5.74, 6) is 0.938. The molecule has 176 valence electrons. The number of carbonyl (C=O) groups is 1. The first-order valence-electron chi connectivity index (χ1n) is 11.1. The van der Waals surface area contributed by atoms with E-state index in [0.29, 0.717) is 28.2 Å². The van der Waals surface area contributed by atoms with Gasteiger partial charge in [-0.1, -0.05) is 24.2 Å². The van der Waals surface area contributed by atoms with E-state index < -0.39 is 5.82 Å². The van der Waals surface area contributed by atoms with Gasteiger partial charge < -0.3 is 19.7 Å². The highest BCUT2D eigenvalue weighted by molar-refractivity contribution is 6.31. The summed E-state index contributed by atoms with van der Waals surface area (Å²) in [6, 6.07) is 8.60. The molecule has 2 atom stereocenters. The molecule has 0 radical (unpaired) electrons. The molecule has 1 N–H and O–H groups in total. The third kappa shape index (κ3) is 4.03. The van der Waals surface area contributed by atoms with E-state index >= 15 is 0 Å². The number of piperidine rings is 1. The molecule has 0 saturated carbocycles. The first kappa shape index (κ1) is 22.4. The molecule has 2 aliphatic rings. The van der Waals surface area contributed by atoms with Gasteiger partial charge in [-0.2, -0.15) is 0 Å². The molecule has 3 aromatic rings. The molecule has 2 aromatic carbocycles. The molecule has 2 saturated heterocycles. The Bertz CT molecular complexity index is 1260. The number of anilines is 2. The predicted molar refractivity (Wildman–Crippen MR) is 128 cm³/mol. The predicted octanol–water partition coefficient (Wildman–Crippen LogP) is 5.26. The Morgan fingerprint density at radius 3 is 2.71 bits per heavy atom. The first-order valence-corrected chi connectivity index (χ1v) is 11.5. The summed E-state index contributed by atoms with van der Waals surface area (Å²) in [4.78, 5) is 22.8. The molecule has 0 aliphatic carbocycles. The highest BCUT2D eigenvalue weighted by atomic mass is 35.5. The quantitative estimate of drug-likeness (QED) is 0.483. The van der Waals surface area contributed by atoms with Gasteiger partial charge >= 0.3 is 0 Å². The van der Waals surface area contributed by atoms with Crippen LogP contribution in [-0.4, -0.2) is 46.1 Å². The zero-order valence-electron chi connectivity index (χ0n) is 18.6. The van der Waals surface area contributed by atoms with Crippen molar-refractivity contribution in [3.63, 3.8) is 0 Å². The number of fused-ring (bicyclic) bond motifs is 3. The van der Waals surface area contributed by atoms with Crippen molar-refractivity contribution in [2.75, 3.05) is 12.4 Å². The van der Waals surface area contributed by atoms with Crippen LogP contribution in [0.2, 0.25) is 5.02 Å². The maximum atomic E-state index is 14.5. The average Bonchev–Trinajstić information content (AvgIpc) is 3.11. The molecule has 2 unspecified atom stereocenters. The van der Waals surface area contributed by atoms with Crippen LogP contribution in [0, 0.1) is 5.82 Å². The second kappa shape index (κ2) is 9.10. The van der Waals surface area contributed by atoms with Crippen molar-refractivity contribution in [3.05, 3.63) is 60.2 Å². The van der Waals surface area contributed by atoms with Crippen LogP contribution in [0.3, 0.4) is 0 Å². The fourth-order valence-corrected chi connectivity index (χ4v) is 5.19. The third-order valence-electron chi connectivity index (χ3n) is 6.54. The van der Waals surface area contributed by atoms with Crippen molar-refractivity contribution >= 4 is 39.9 Å². The number of ether oxygens (including phenoxy) is 2. The maximum absolute atomic E-state index is 14.5. The number of nitrogens with one attached hydrogen (secondary N) is 1. The van der Waals surface area contributed by atoms with Crippen molar-refractivity contribution in [3.8, 4) is 11.5 Å². The smallest absolute Gasteiger partial charge is 0.246 e. The number of benzene rings is 2. The van der Waals surface area contributed by atoms with E-state index in [1.807, 2.05) is 11.0 Å². The number of hydrogen-bond donors (Lipinski definition) is 1. The molecule has 1 amide bonds. The number of rotatable bonds is 6. The van der Waals surface area contributed by atoms with Gasteiger partial charge in [0.25, 0.3) is 0 Å². The molecule has 3 heterocycles. The summed E-state index contributed by atoms with van der Waals surface area (Å²) in [6.07, 6.45) is 6.12. The molecule has 5 rings (SSSR count). The lowest BCUT2D eigenvalue weighted by Crippen LogP contribution is -2.48. The zero-order valence-corrected chi connectivity index (χ0v) is 19.4. The van der Waals surface area contributed by atoms with Crippen molar-refractivity contribution < 1.29 is 18.7 Å². The van der Waals surface area contributed by atoms with Crippen LogP contribution in [0.15, 0.2) is 49.3 Å². The molecule has 2 aliphatic heterocycles. The van der Waals surface area contributed by atoms with E-state index in [9.17, 15) is 9.18 Å². The molecule has 9 heteroatoms. The Balaban J connectivity index is 1.45. The Kier molecular flexibility index (Phi) is 6.00. The number of nitrogens with zero attached hydrogens (tertiary/aromatic N) is 3. The minimum Gasteiger partial charge on any atom is -0.493 e. The van der Waals surface area contributed by atoms with Gasteiger partial charge in [0.1, 0.15) is 18.2 Å². The fraction of sp³-hybridized carbons (Fsp3) is 0.320. The normalized spacial score (nSPS) is 21.4. The zero-order chi connectivity index (χ0) is 23.8. The maximum Gasteiger partial charge on any atom is 0.246 e. The van der Waals surface area contributed by atoms with E-state index in [2.05, 4.69) is 21.9 Å². The molecule has 34 heavy (non-hydrogen) atoms. The summed E-state index contributed by atoms with van der Waals surface area (Å²) >= 11 is 5.92. The van der Waals surface area contributed by atoms with Gasteiger partial charge in [0.05, 0.1) is 23.3 Å². The van der Waals surface area contributed by atoms with Gasteiger partial charge in [0.15, 0.2) is 17.3 Å². The Labute approximate surface area is 201 Å². The van der Waals surface area contributed by atoms with Crippen molar-refractivity contribution in [2.45, 2.75) is 43.9 Å². The summed E-state index contributed by atoms with van der Waals surface area (Å²) in [5.41, 5.74) is 0.831. The lowest BCUT2D eigenvalue weighted by Gasteiger charge is -2.38. The summed E-state index contributed by atoms with van der Waals surface area (Å²) in [6.45, 7) is 3.63. The standard InChI is InChI=1S/C25H24ClFN4O3/c1-3-23(32)31-14-7-8-15(31)10-16(9-14)34-22-11-17-20(12-21(22)33-2)28-13-29-25(17)30-19-6-4-5-18(26)24(19)27/h3-6,11-16H,1,7-10H2,2H3,(H,28,29,30). The van der Waals surface area contributed by atoms with Crippen LogP contribution in [0.5, 0.6) is 11.5 Å². The summed E-state index contributed by atoms with van der Waals surface area (Å²) in [7, 11) is 1.57. The van der Waals surface area contributed by atoms with Crippen LogP contribution in [0.4, 0.5) is 15.9 Å². The first-order chi connectivity index (χ1) is 16.5. The summed E-state index contributed by atoms with van der Waals surface area (Å²) in [5, 5.41) is 3.68. The number of hydrogen-bond acceptors (Lipinski definition) is 6. The molecule has 1 aromatic heterocycles. The highest BCUT2D eigenvalue weighted by Crippen LogP contribution is 2.41. The Morgan fingerprint density at radius 1 is 1.24 bits per heavy atom. The minimum absolute atomic E-state index is 0.0182. The second-order valence-electron chi connectivity index (χ2n) is 8.51. The fourth-order valence-electron chi connectivity index (χ4n) is 5.01. The topological polar surface area (TPSA) is 76.6 Å². The SMILES string of the molecule is C=CC(=O)N1C2CCC1CC(Oc1cc3c(Nc4cccc(Cl)c4F)ncnc3cc1OC)C2. The van der Waals surface area contributed by atoms with E-state index in [1.165, 1.54) is 18.5 Å².